The van der Waals surface area contributed by atoms with Crippen LogP contribution in [0, 0.1) is 5.41 Å². The molecule has 3 nitrogen and oxygen atoms in total. The van der Waals surface area contributed by atoms with Gasteiger partial charge in [0.2, 0.25) is 0 Å². The van der Waals surface area contributed by atoms with Crippen LogP contribution in [-0.4, -0.2) is 35.6 Å². The first kappa shape index (κ1) is 18.9. The molecule has 0 fully saturated rings. The lowest BCUT2D eigenvalue weighted by atomic mass is 9.80. The topological polar surface area (TPSA) is 55.3 Å². The largest absolute Gasteiger partial charge is 0.326 e. The molecule has 0 aliphatic heterocycles. The highest BCUT2D eigenvalue weighted by Crippen LogP contribution is 2.28. The molecule has 19 heavy (non-hydrogen) atoms. The Kier molecular flexibility index (Phi) is 7.01. The molecule has 0 spiro atoms. The maximum absolute atomic E-state index is 6.18. The molecule has 0 aromatic rings. The van der Waals surface area contributed by atoms with Crippen LogP contribution in [0.25, 0.3) is 0 Å². The zero-order valence-corrected chi connectivity index (χ0v) is 14.3. The Morgan fingerprint density at radius 1 is 0.842 bits per heavy atom. The van der Waals surface area contributed by atoms with Gasteiger partial charge in [0.15, 0.2) is 0 Å². The monoisotopic (exact) mass is 271 g/mol. The van der Waals surface area contributed by atoms with E-state index in [0.717, 1.165) is 32.5 Å². The third-order valence-electron chi connectivity index (χ3n) is 3.20. The average molecular weight is 271 g/mol. The molecule has 0 atom stereocenters. The summed E-state index contributed by atoms with van der Waals surface area (Å²) in [4.78, 5) is 2.54. The van der Waals surface area contributed by atoms with E-state index >= 15 is 0 Å². The molecule has 0 amide bonds. The molecule has 3 heteroatoms. The third kappa shape index (κ3) is 11.4. The van der Waals surface area contributed by atoms with Gasteiger partial charge in [0, 0.05) is 17.6 Å². The van der Waals surface area contributed by atoms with E-state index in [1.165, 1.54) is 6.42 Å². The maximum atomic E-state index is 6.18. The van der Waals surface area contributed by atoms with Gasteiger partial charge in [-0.1, -0.05) is 20.8 Å². The number of nitrogens with two attached hydrogens (primary N) is 2. The van der Waals surface area contributed by atoms with Crippen LogP contribution in [-0.2, 0) is 0 Å². The van der Waals surface area contributed by atoms with Crippen LogP contribution in [0.15, 0.2) is 0 Å². The summed E-state index contributed by atoms with van der Waals surface area (Å²) in [6.45, 7) is 18.6. The molecule has 0 radical (unpaired) electrons. The molecule has 4 N–H and O–H groups in total. The molecule has 0 aromatic carbocycles. The zero-order valence-electron chi connectivity index (χ0n) is 14.3. The summed E-state index contributed by atoms with van der Waals surface area (Å²) < 4.78 is 0. The van der Waals surface area contributed by atoms with E-state index in [1.54, 1.807) is 0 Å². The summed E-state index contributed by atoms with van der Waals surface area (Å²) in [7, 11) is 0. The first-order chi connectivity index (χ1) is 8.35. The van der Waals surface area contributed by atoms with Crippen LogP contribution in [0.5, 0.6) is 0 Å². The van der Waals surface area contributed by atoms with E-state index in [2.05, 4.69) is 53.4 Å². The van der Waals surface area contributed by atoms with E-state index in [9.17, 15) is 0 Å². The summed E-state index contributed by atoms with van der Waals surface area (Å²) in [6, 6.07) is 0. The van der Waals surface area contributed by atoms with Crippen LogP contribution < -0.4 is 11.5 Å². The van der Waals surface area contributed by atoms with Crippen LogP contribution in [0.1, 0.15) is 67.7 Å². The van der Waals surface area contributed by atoms with Gasteiger partial charge in [0.25, 0.3) is 0 Å². The molecule has 0 rings (SSSR count). The number of hydrogen-bond donors (Lipinski definition) is 2. The quantitative estimate of drug-likeness (QED) is 0.678. The van der Waals surface area contributed by atoms with Crippen molar-refractivity contribution in [2.24, 2.45) is 16.9 Å². The fourth-order valence-corrected chi connectivity index (χ4v) is 2.93. The van der Waals surface area contributed by atoms with Crippen LogP contribution in [0.4, 0.5) is 0 Å². The van der Waals surface area contributed by atoms with Crippen molar-refractivity contribution >= 4 is 0 Å². The van der Waals surface area contributed by atoms with Crippen molar-refractivity contribution in [2.75, 3.05) is 19.6 Å². The summed E-state index contributed by atoms with van der Waals surface area (Å²) in [6.07, 6.45) is 3.26. The van der Waals surface area contributed by atoms with Gasteiger partial charge < -0.3 is 16.4 Å². The lowest BCUT2D eigenvalue weighted by molar-refractivity contribution is 0.140. The van der Waals surface area contributed by atoms with Crippen molar-refractivity contribution in [1.82, 2.24) is 4.90 Å². The van der Waals surface area contributed by atoms with E-state index < -0.39 is 0 Å². The fourth-order valence-electron chi connectivity index (χ4n) is 2.93. The van der Waals surface area contributed by atoms with Crippen LogP contribution in [0.2, 0.25) is 0 Å². The smallest absolute Gasteiger partial charge is 0.0109 e. The van der Waals surface area contributed by atoms with Gasteiger partial charge in [-0.15, -0.1) is 0 Å². The molecule has 0 aliphatic rings. The third-order valence-corrected chi connectivity index (χ3v) is 3.20. The second-order valence-corrected chi connectivity index (χ2v) is 8.34. The Morgan fingerprint density at radius 3 is 1.74 bits per heavy atom. The van der Waals surface area contributed by atoms with E-state index in [0.29, 0.717) is 0 Å². The molecule has 116 valence electrons. The number of hydrogen-bond acceptors (Lipinski definition) is 3. The lowest BCUT2D eigenvalue weighted by Crippen LogP contribution is -2.44. The zero-order chi connectivity index (χ0) is 15.3. The Labute approximate surface area is 121 Å². The molecule has 0 heterocycles. The minimum absolute atomic E-state index is 0.0801. The average Bonchev–Trinajstić information content (AvgIpc) is 2.08. The molecular formula is C16H37N3. The van der Waals surface area contributed by atoms with Crippen molar-refractivity contribution in [3.8, 4) is 0 Å². The Hall–Kier alpha value is -0.120. The standard InChI is InChI=1S/C16H37N3/c1-8-10-19(11-9-15(4,5)17)13-14(2,3)12-16(6,7)18/h8-13,17-18H2,1-7H3. The van der Waals surface area contributed by atoms with E-state index in [4.69, 9.17) is 11.5 Å². The minimum Gasteiger partial charge on any atom is -0.326 e. The van der Waals surface area contributed by atoms with Crippen LogP contribution >= 0.6 is 0 Å². The first-order valence-electron chi connectivity index (χ1n) is 7.65. The van der Waals surface area contributed by atoms with Gasteiger partial charge in [-0.05, 0) is 65.5 Å². The second kappa shape index (κ2) is 7.05. The van der Waals surface area contributed by atoms with Gasteiger partial charge in [-0.25, -0.2) is 0 Å². The first-order valence-corrected chi connectivity index (χ1v) is 7.65. The summed E-state index contributed by atoms with van der Waals surface area (Å²) in [5.41, 5.74) is 12.3. The minimum atomic E-state index is -0.103. The van der Waals surface area contributed by atoms with E-state index in [-0.39, 0.29) is 16.5 Å². The highest BCUT2D eigenvalue weighted by molar-refractivity contribution is 4.85. The molecule has 0 saturated carbocycles. The SMILES string of the molecule is CCCN(CCC(C)(C)N)CC(C)(C)CC(C)(C)N. The molecule has 0 aromatic heterocycles. The van der Waals surface area contributed by atoms with Crippen LogP contribution in [0.3, 0.4) is 0 Å². The van der Waals surface area contributed by atoms with Gasteiger partial charge in [0.05, 0.1) is 0 Å². The predicted molar refractivity (Wildman–Crippen MR) is 86.3 cm³/mol. The van der Waals surface area contributed by atoms with Crippen molar-refractivity contribution in [1.29, 1.82) is 0 Å². The molecular weight excluding hydrogens is 234 g/mol. The molecule has 0 bridgehead atoms. The number of rotatable bonds is 9. The summed E-state index contributed by atoms with van der Waals surface area (Å²) >= 11 is 0. The second-order valence-electron chi connectivity index (χ2n) is 8.34. The summed E-state index contributed by atoms with van der Waals surface area (Å²) in [5, 5.41) is 0. The van der Waals surface area contributed by atoms with Crippen molar-refractivity contribution in [2.45, 2.75) is 78.8 Å². The highest BCUT2D eigenvalue weighted by Gasteiger charge is 2.28. The number of nitrogens with zero attached hydrogens (tertiary/aromatic N) is 1. The normalized spacial score (nSPS) is 14.2. The van der Waals surface area contributed by atoms with Crippen molar-refractivity contribution in [3.63, 3.8) is 0 Å². The fraction of sp³-hybridized carbons (Fsp3) is 1.00. The summed E-state index contributed by atoms with van der Waals surface area (Å²) in [5.74, 6) is 0. The molecule has 0 aliphatic carbocycles. The predicted octanol–water partition coefficient (Wildman–Crippen LogP) is 2.98. The van der Waals surface area contributed by atoms with Crippen molar-refractivity contribution in [3.05, 3.63) is 0 Å². The van der Waals surface area contributed by atoms with Gasteiger partial charge in [-0.2, -0.15) is 0 Å². The Balaban J connectivity index is 4.47. The van der Waals surface area contributed by atoms with Gasteiger partial charge >= 0.3 is 0 Å². The van der Waals surface area contributed by atoms with Gasteiger partial charge in [-0.3, -0.25) is 0 Å². The van der Waals surface area contributed by atoms with Gasteiger partial charge in [0.1, 0.15) is 0 Å². The Morgan fingerprint density at radius 2 is 1.37 bits per heavy atom. The van der Waals surface area contributed by atoms with E-state index in [1.807, 2.05) is 0 Å². The molecule has 0 saturated heterocycles. The lowest BCUT2D eigenvalue weighted by Gasteiger charge is -2.37. The Bertz CT molecular complexity index is 246. The van der Waals surface area contributed by atoms with Crippen molar-refractivity contribution < 1.29 is 0 Å². The molecule has 0 unspecified atom stereocenters. The maximum Gasteiger partial charge on any atom is 0.0109 e. The highest BCUT2D eigenvalue weighted by atomic mass is 15.1.